The number of hydrogen-bond donors (Lipinski definition) is 0. The molecule has 3 aromatic carbocycles. The number of ether oxygens (including phenoxy) is 1. The highest BCUT2D eigenvalue weighted by Crippen LogP contribution is 2.28. The molecule has 3 rings (SSSR count). The van der Waals surface area contributed by atoms with Crippen LogP contribution in [0.1, 0.15) is 30.0 Å². The van der Waals surface area contributed by atoms with Crippen molar-refractivity contribution in [2.24, 2.45) is 0 Å². The Labute approximate surface area is 178 Å². The molecule has 4 nitrogen and oxygen atoms in total. The van der Waals surface area contributed by atoms with Crippen LogP contribution < -0.4 is 0 Å². The van der Waals surface area contributed by atoms with Gasteiger partial charge >= 0.3 is 5.97 Å². The van der Waals surface area contributed by atoms with Gasteiger partial charge in [0, 0.05) is 26.4 Å². The van der Waals surface area contributed by atoms with Gasteiger partial charge in [0.15, 0.2) is 0 Å². The van der Waals surface area contributed by atoms with Crippen LogP contribution in [0, 0.1) is 11.3 Å². The van der Waals surface area contributed by atoms with Gasteiger partial charge in [-0.15, -0.1) is 0 Å². The molecule has 0 N–H and O–H groups in total. The van der Waals surface area contributed by atoms with Crippen LogP contribution in [0.4, 0.5) is 0 Å². The Kier molecular flexibility index (Phi) is 7.37. The maximum atomic E-state index is 12.0. The fourth-order valence-electron chi connectivity index (χ4n) is 3.54. The Morgan fingerprint density at radius 1 is 0.833 bits per heavy atom. The Morgan fingerprint density at radius 3 is 1.67 bits per heavy atom. The van der Waals surface area contributed by atoms with Gasteiger partial charge in [-0.2, -0.15) is 5.26 Å². The van der Waals surface area contributed by atoms with E-state index in [1.54, 1.807) is 0 Å². The van der Waals surface area contributed by atoms with Gasteiger partial charge in [-0.05, 0) is 23.1 Å². The van der Waals surface area contributed by atoms with Crippen LogP contribution in [0.15, 0.2) is 91.0 Å². The summed E-state index contributed by atoms with van der Waals surface area (Å²) in [4.78, 5) is 14.0. The predicted molar refractivity (Wildman–Crippen MR) is 117 cm³/mol. The maximum Gasteiger partial charge on any atom is 0.305 e. The average molecular weight is 399 g/mol. The summed E-state index contributed by atoms with van der Waals surface area (Å²) in [6.45, 7) is 2.34. The van der Waals surface area contributed by atoms with Gasteiger partial charge in [0.05, 0.1) is 0 Å². The van der Waals surface area contributed by atoms with Crippen LogP contribution in [0.2, 0.25) is 0 Å². The Bertz CT molecular complexity index is 927. The summed E-state index contributed by atoms with van der Waals surface area (Å²) < 4.78 is 5.74. The van der Waals surface area contributed by atoms with E-state index in [4.69, 9.17) is 4.74 Å². The van der Waals surface area contributed by atoms with Crippen molar-refractivity contribution >= 4 is 5.97 Å². The zero-order chi connectivity index (χ0) is 21.2. The fraction of sp³-hybridized carbons (Fsp3) is 0.231. The largest absolute Gasteiger partial charge is 0.430 e. The lowest BCUT2D eigenvalue weighted by Crippen LogP contribution is -2.50. The summed E-state index contributed by atoms with van der Waals surface area (Å²) in [5, 5.41) is 10.3. The molecule has 3 aromatic rings. The summed E-state index contributed by atoms with van der Waals surface area (Å²) >= 11 is 0. The molecule has 0 amide bonds. The van der Waals surface area contributed by atoms with Crippen molar-refractivity contribution in [1.82, 2.24) is 4.90 Å². The van der Waals surface area contributed by atoms with Gasteiger partial charge in [-0.1, -0.05) is 91.0 Å². The zero-order valence-corrected chi connectivity index (χ0v) is 17.2. The van der Waals surface area contributed by atoms with E-state index in [-0.39, 0.29) is 0 Å². The zero-order valence-electron chi connectivity index (χ0n) is 17.2. The molecule has 0 heterocycles. The molecule has 30 heavy (non-hydrogen) atoms. The number of aryl methyl sites for hydroxylation is 1. The minimum absolute atomic E-state index is 0.382. The van der Waals surface area contributed by atoms with Gasteiger partial charge in [0.25, 0.3) is 5.72 Å². The number of nitriles is 1. The van der Waals surface area contributed by atoms with Crippen molar-refractivity contribution in [2.75, 3.05) is 0 Å². The first-order chi connectivity index (χ1) is 14.6. The van der Waals surface area contributed by atoms with E-state index in [2.05, 4.69) is 6.07 Å². The van der Waals surface area contributed by atoms with E-state index in [1.807, 2.05) is 95.9 Å². The molecule has 152 valence electrons. The number of carbonyl (C=O) groups excluding carboxylic acids is 1. The third kappa shape index (κ3) is 5.79. The highest BCUT2D eigenvalue weighted by atomic mass is 16.6. The van der Waals surface area contributed by atoms with Crippen molar-refractivity contribution < 1.29 is 9.53 Å². The minimum Gasteiger partial charge on any atom is -0.430 e. The minimum atomic E-state index is -1.37. The topological polar surface area (TPSA) is 53.3 Å². The van der Waals surface area contributed by atoms with E-state index in [0.717, 1.165) is 16.7 Å². The van der Waals surface area contributed by atoms with Gasteiger partial charge in [-0.3, -0.25) is 4.79 Å². The standard InChI is InChI=1S/C26H26N2O2/c1-22(29)30-26(21-27,18-17-23-11-5-2-6-12-23)28(19-24-13-7-3-8-14-24)20-25-15-9-4-10-16-25/h2-16H,17-20H2,1H3. The SMILES string of the molecule is CC(=O)OC(C#N)(CCc1ccccc1)N(Cc1ccccc1)Cc1ccccc1. The molecule has 1 atom stereocenters. The molecule has 0 radical (unpaired) electrons. The third-order valence-electron chi connectivity index (χ3n) is 5.03. The van der Waals surface area contributed by atoms with E-state index in [9.17, 15) is 10.1 Å². The maximum absolute atomic E-state index is 12.0. The van der Waals surface area contributed by atoms with Gasteiger partial charge in [0.1, 0.15) is 6.07 Å². The molecule has 0 aliphatic carbocycles. The van der Waals surface area contributed by atoms with E-state index in [0.29, 0.717) is 25.9 Å². The molecular weight excluding hydrogens is 372 g/mol. The Balaban J connectivity index is 1.95. The highest BCUT2D eigenvalue weighted by molar-refractivity contribution is 5.67. The van der Waals surface area contributed by atoms with E-state index in [1.165, 1.54) is 6.92 Å². The lowest BCUT2D eigenvalue weighted by Gasteiger charge is -2.38. The summed E-state index contributed by atoms with van der Waals surface area (Å²) in [6, 6.07) is 32.2. The van der Waals surface area contributed by atoms with Gasteiger partial charge < -0.3 is 4.74 Å². The van der Waals surface area contributed by atoms with Crippen molar-refractivity contribution in [3.63, 3.8) is 0 Å². The lowest BCUT2D eigenvalue weighted by molar-refractivity contribution is -0.173. The summed E-state index contributed by atoms with van der Waals surface area (Å²) in [6.07, 6.45) is 1.01. The molecule has 0 saturated carbocycles. The second kappa shape index (κ2) is 10.4. The van der Waals surface area contributed by atoms with Crippen LogP contribution >= 0.6 is 0 Å². The van der Waals surface area contributed by atoms with Crippen LogP contribution in [-0.4, -0.2) is 16.6 Å². The predicted octanol–water partition coefficient (Wildman–Crippen LogP) is 5.10. The number of esters is 1. The lowest BCUT2D eigenvalue weighted by atomic mass is 9.99. The number of nitrogens with zero attached hydrogens (tertiary/aromatic N) is 2. The van der Waals surface area contributed by atoms with E-state index >= 15 is 0 Å². The van der Waals surface area contributed by atoms with E-state index < -0.39 is 11.7 Å². The quantitative estimate of drug-likeness (QED) is 0.371. The van der Waals surface area contributed by atoms with Crippen molar-refractivity contribution in [3.05, 3.63) is 108 Å². The third-order valence-corrected chi connectivity index (χ3v) is 5.03. The van der Waals surface area contributed by atoms with Crippen molar-refractivity contribution in [3.8, 4) is 6.07 Å². The molecule has 0 saturated heterocycles. The van der Waals surface area contributed by atoms with Gasteiger partial charge in [0.2, 0.25) is 0 Å². The molecule has 0 aliphatic rings. The highest BCUT2D eigenvalue weighted by Gasteiger charge is 2.40. The number of benzene rings is 3. The summed E-state index contributed by atoms with van der Waals surface area (Å²) in [5.74, 6) is -0.462. The summed E-state index contributed by atoms with van der Waals surface area (Å²) in [5.41, 5.74) is 1.84. The second-order valence-corrected chi connectivity index (χ2v) is 7.30. The first-order valence-corrected chi connectivity index (χ1v) is 10.1. The second-order valence-electron chi connectivity index (χ2n) is 7.30. The molecule has 0 fully saturated rings. The summed E-state index contributed by atoms with van der Waals surface area (Å²) in [7, 11) is 0. The van der Waals surface area contributed by atoms with Crippen molar-refractivity contribution in [1.29, 1.82) is 5.26 Å². The van der Waals surface area contributed by atoms with Crippen LogP contribution in [0.5, 0.6) is 0 Å². The average Bonchev–Trinajstić information content (AvgIpc) is 2.78. The van der Waals surface area contributed by atoms with Gasteiger partial charge in [-0.25, -0.2) is 4.90 Å². The molecule has 1 unspecified atom stereocenters. The van der Waals surface area contributed by atoms with Crippen LogP contribution in [0.3, 0.4) is 0 Å². The normalized spacial score (nSPS) is 12.7. The monoisotopic (exact) mass is 398 g/mol. The fourth-order valence-corrected chi connectivity index (χ4v) is 3.54. The molecule has 0 spiro atoms. The first-order valence-electron chi connectivity index (χ1n) is 10.1. The van der Waals surface area contributed by atoms with Crippen LogP contribution in [-0.2, 0) is 29.0 Å². The smallest absolute Gasteiger partial charge is 0.305 e. The van der Waals surface area contributed by atoms with Crippen LogP contribution in [0.25, 0.3) is 0 Å². The number of rotatable bonds is 9. The molecule has 0 aromatic heterocycles. The number of hydrogen-bond acceptors (Lipinski definition) is 4. The molecule has 0 bridgehead atoms. The first kappa shape index (κ1) is 21.3. The van der Waals surface area contributed by atoms with Crippen molar-refractivity contribution in [2.45, 2.75) is 38.6 Å². The molecule has 0 aliphatic heterocycles. The number of carbonyl (C=O) groups is 1. The Hall–Kier alpha value is -3.42. The Morgan fingerprint density at radius 2 is 1.27 bits per heavy atom. The molecular formula is C26H26N2O2. The molecule has 4 heteroatoms.